The number of hydrogen-bond acceptors (Lipinski definition) is 4. The van der Waals surface area contributed by atoms with E-state index in [1.165, 1.54) is 6.07 Å². The van der Waals surface area contributed by atoms with Crippen LogP contribution in [0.1, 0.15) is 36.8 Å². The molecule has 1 aliphatic rings. The lowest BCUT2D eigenvalue weighted by molar-refractivity contribution is -0.132. The van der Waals surface area contributed by atoms with Crippen LogP contribution in [0.3, 0.4) is 0 Å². The third kappa shape index (κ3) is 3.47. The normalized spacial score (nSPS) is 17.4. The Hall–Kier alpha value is -2.50. The van der Waals surface area contributed by atoms with Gasteiger partial charge in [0.1, 0.15) is 5.82 Å². The second-order valence-electron chi connectivity index (χ2n) is 5.76. The molecule has 1 aliphatic heterocycles. The Morgan fingerprint density at radius 1 is 1.35 bits per heavy atom. The third-order valence-electron chi connectivity index (χ3n) is 4.18. The van der Waals surface area contributed by atoms with Crippen LogP contribution in [0.4, 0.5) is 0 Å². The molecular formula is C17H20N4O2. The molecule has 0 aliphatic carbocycles. The number of aromatic nitrogens is 3. The number of hydrogen-bond donors (Lipinski definition) is 0. The molecule has 1 fully saturated rings. The summed E-state index contributed by atoms with van der Waals surface area (Å²) in [5.74, 6) is 0.789. The summed E-state index contributed by atoms with van der Waals surface area (Å²) in [5, 5.41) is 0. The Morgan fingerprint density at radius 3 is 3.00 bits per heavy atom. The maximum atomic E-state index is 12.6. The van der Waals surface area contributed by atoms with Gasteiger partial charge in [0, 0.05) is 38.0 Å². The van der Waals surface area contributed by atoms with E-state index in [9.17, 15) is 9.59 Å². The van der Waals surface area contributed by atoms with Crippen LogP contribution in [-0.2, 0) is 11.3 Å². The fourth-order valence-electron chi connectivity index (χ4n) is 3.04. The van der Waals surface area contributed by atoms with Crippen molar-refractivity contribution in [1.29, 1.82) is 0 Å². The molecule has 0 saturated carbocycles. The molecule has 0 spiro atoms. The van der Waals surface area contributed by atoms with Gasteiger partial charge in [-0.2, -0.15) is 0 Å². The number of rotatable bonds is 4. The smallest absolute Gasteiger partial charge is 0.250 e. The van der Waals surface area contributed by atoms with E-state index in [4.69, 9.17) is 0 Å². The molecule has 1 amide bonds. The van der Waals surface area contributed by atoms with Crippen LogP contribution >= 0.6 is 0 Å². The van der Waals surface area contributed by atoms with Crippen LogP contribution in [0.15, 0.2) is 41.5 Å². The van der Waals surface area contributed by atoms with Gasteiger partial charge in [0.25, 0.3) is 5.56 Å². The first-order valence-electron chi connectivity index (χ1n) is 7.89. The average molecular weight is 312 g/mol. The molecule has 1 saturated heterocycles. The van der Waals surface area contributed by atoms with Crippen molar-refractivity contribution in [2.75, 3.05) is 6.54 Å². The van der Waals surface area contributed by atoms with Crippen molar-refractivity contribution in [3.05, 3.63) is 58.5 Å². The first-order valence-corrected chi connectivity index (χ1v) is 7.89. The Labute approximate surface area is 134 Å². The van der Waals surface area contributed by atoms with E-state index in [0.717, 1.165) is 30.9 Å². The van der Waals surface area contributed by atoms with E-state index in [-0.39, 0.29) is 17.5 Å². The van der Waals surface area contributed by atoms with Gasteiger partial charge in [-0.25, -0.2) is 9.97 Å². The van der Waals surface area contributed by atoms with Gasteiger partial charge in [0.15, 0.2) is 0 Å². The van der Waals surface area contributed by atoms with Crippen molar-refractivity contribution in [3.63, 3.8) is 0 Å². The lowest BCUT2D eigenvalue weighted by Gasteiger charge is -2.24. The predicted molar refractivity (Wildman–Crippen MR) is 85.8 cm³/mol. The highest BCUT2D eigenvalue weighted by Crippen LogP contribution is 2.31. The highest BCUT2D eigenvalue weighted by atomic mass is 16.2. The molecule has 1 atom stereocenters. The molecule has 0 bridgehead atoms. The maximum absolute atomic E-state index is 12.6. The topological polar surface area (TPSA) is 68.1 Å². The zero-order valence-electron chi connectivity index (χ0n) is 13.2. The van der Waals surface area contributed by atoms with Gasteiger partial charge in [-0.05, 0) is 31.9 Å². The van der Waals surface area contributed by atoms with Crippen LogP contribution in [0, 0.1) is 6.92 Å². The average Bonchev–Trinajstić information content (AvgIpc) is 3.03. The molecule has 6 nitrogen and oxygen atoms in total. The standard InChI is InChI=1S/C17H20N4O2/c1-13-18-9-7-14(19-13)15-5-4-11-21(15)17(23)8-12-20-10-3-2-6-16(20)22/h2-3,6-7,9-10,15H,4-5,8,11-12H2,1H3/t15-/m1/s1. The van der Waals surface area contributed by atoms with Crippen LogP contribution in [-0.4, -0.2) is 31.9 Å². The number of carbonyl (C=O) groups is 1. The van der Waals surface area contributed by atoms with Crippen LogP contribution < -0.4 is 5.56 Å². The van der Waals surface area contributed by atoms with Crippen LogP contribution in [0.5, 0.6) is 0 Å². The van der Waals surface area contributed by atoms with Crippen LogP contribution in [0.2, 0.25) is 0 Å². The molecule has 3 rings (SSSR count). The van der Waals surface area contributed by atoms with Gasteiger partial charge in [-0.15, -0.1) is 0 Å². The fourth-order valence-corrected chi connectivity index (χ4v) is 3.04. The number of pyridine rings is 1. The van der Waals surface area contributed by atoms with Gasteiger partial charge >= 0.3 is 0 Å². The molecule has 0 N–H and O–H groups in total. The van der Waals surface area contributed by atoms with E-state index in [1.807, 2.05) is 17.9 Å². The summed E-state index contributed by atoms with van der Waals surface area (Å²) in [6.07, 6.45) is 5.68. The minimum absolute atomic E-state index is 0.0247. The highest BCUT2D eigenvalue weighted by molar-refractivity contribution is 5.76. The van der Waals surface area contributed by atoms with Crippen molar-refractivity contribution in [1.82, 2.24) is 19.4 Å². The summed E-state index contributed by atoms with van der Waals surface area (Å²) in [4.78, 5) is 34.7. The van der Waals surface area contributed by atoms with Crippen molar-refractivity contribution in [2.24, 2.45) is 0 Å². The Bertz CT molecular complexity index is 756. The molecule has 0 radical (unpaired) electrons. The zero-order chi connectivity index (χ0) is 16.2. The van der Waals surface area contributed by atoms with E-state index in [2.05, 4.69) is 9.97 Å². The van der Waals surface area contributed by atoms with E-state index < -0.39 is 0 Å². The Balaban J connectivity index is 1.69. The summed E-state index contributed by atoms with van der Waals surface area (Å²) in [6.45, 7) is 3.01. The number of aryl methyl sites for hydroxylation is 2. The Kier molecular flexibility index (Phi) is 4.50. The number of likely N-dealkylation sites (tertiary alicyclic amines) is 1. The second kappa shape index (κ2) is 6.73. The summed E-state index contributed by atoms with van der Waals surface area (Å²) >= 11 is 0. The largest absolute Gasteiger partial charge is 0.334 e. The minimum atomic E-state index is -0.0790. The van der Waals surface area contributed by atoms with Gasteiger partial charge in [-0.1, -0.05) is 6.07 Å². The molecule has 2 aromatic heterocycles. The van der Waals surface area contributed by atoms with E-state index in [0.29, 0.717) is 13.0 Å². The molecule has 120 valence electrons. The zero-order valence-corrected chi connectivity index (χ0v) is 13.2. The summed E-state index contributed by atoms with van der Waals surface area (Å²) in [6, 6.07) is 6.91. The monoisotopic (exact) mass is 312 g/mol. The Morgan fingerprint density at radius 2 is 2.22 bits per heavy atom. The summed E-state index contributed by atoms with van der Waals surface area (Å²) < 4.78 is 1.57. The first-order chi connectivity index (χ1) is 11.1. The SMILES string of the molecule is Cc1nccc([C@H]2CCCN2C(=O)CCn2ccccc2=O)n1. The van der Waals surface area contributed by atoms with Gasteiger partial charge in [0.2, 0.25) is 5.91 Å². The van der Waals surface area contributed by atoms with Crippen LogP contribution in [0.25, 0.3) is 0 Å². The fraction of sp³-hybridized carbons (Fsp3) is 0.412. The maximum Gasteiger partial charge on any atom is 0.250 e. The number of nitrogens with zero attached hydrogens (tertiary/aromatic N) is 4. The predicted octanol–water partition coefficient (Wildman–Crippen LogP) is 1.70. The van der Waals surface area contributed by atoms with Crippen molar-refractivity contribution in [2.45, 2.75) is 38.8 Å². The molecule has 23 heavy (non-hydrogen) atoms. The first kappa shape index (κ1) is 15.4. The van der Waals surface area contributed by atoms with Crippen molar-refractivity contribution >= 4 is 5.91 Å². The van der Waals surface area contributed by atoms with Gasteiger partial charge in [0.05, 0.1) is 11.7 Å². The lowest BCUT2D eigenvalue weighted by atomic mass is 10.1. The lowest BCUT2D eigenvalue weighted by Crippen LogP contribution is -2.32. The van der Waals surface area contributed by atoms with Crippen molar-refractivity contribution < 1.29 is 4.79 Å². The highest BCUT2D eigenvalue weighted by Gasteiger charge is 2.30. The van der Waals surface area contributed by atoms with E-state index >= 15 is 0 Å². The second-order valence-corrected chi connectivity index (χ2v) is 5.76. The van der Waals surface area contributed by atoms with Crippen molar-refractivity contribution in [3.8, 4) is 0 Å². The third-order valence-corrected chi connectivity index (χ3v) is 4.18. The molecule has 0 unspecified atom stereocenters. The van der Waals surface area contributed by atoms with E-state index in [1.54, 1.807) is 29.1 Å². The van der Waals surface area contributed by atoms with Gasteiger partial charge < -0.3 is 9.47 Å². The molecule has 3 heterocycles. The quantitative estimate of drug-likeness (QED) is 0.862. The molecule has 2 aromatic rings. The molecule has 0 aromatic carbocycles. The summed E-state index contributed by atoms with van der Waals surface area (Å²) in [7, 11) is 0. The minimum Gasteiger partial charge on any atom is -0.334 e. The van der Waals surface area contributed by atoms with Gasteiger partial charge in [-0.3, -0.25) is 9.59 Å². The summed E-state index contributed by atoms with van der Waals surface area (Å²) in [5.41, 5.74) is 0.824. The number of amides is 1. The molecule has 6 heteroatoms. The number of carbonyl (C=O) groups excluding carboxylic acids is 1. The molecular weight excluding hydrogens is 292 g/mol.